The van der Waals surface area contributed by atoms with Crippen molar-refractivity contribution in [2.24, 2.45) is 0 Å². The van der Waals surface area contributed by atoms with Gasteiger partial charge in [0.15, 0.2) is 11.5 Å². The van der Waals surface area contributed by atoms with Crippen LogP contribution in [0, 0.1) is 0 Å². The lowest BCUT2D eigenvalue weighted by atomic mass is 10.1. The van der Waals surface area contributed by atoms with Crippen molar-refractivity contribution in [3.05, 3.63) is 23.8 Å². The monoisotopic (exact) mass is 179 g/mol. The Hall–Kier alpha value is -1.51. The Bertz CT molecular complexity index is 294. The third-order valence-corrected chi connectivity index (χ3v) is 1.75. The number of hydrogen-bond acceptors (Lipinski definition) is 3. The van der Waals surface area contributed by atoms with E-state index in [0.29, 0.717) is 11.5 Å². The van der Waals surface area contributed by atoms with E-state index in [4.69, 9.17) is 9.47 Å². The van der Waals surface area contributed by atoms with Crippen LogP contribution in [0.4, 0.5) is 0 Å². The molecule has 0 unspecified atom stereocenters. The van der Waals surface area contributed by atoms with Gasteiger partial charge in [-0.15, -0.1) is 0 Å². The number of carbonyl (C=O) groups excluding carboxylic acids is 1. The van der Waals surface area contributed by atoms with Gasteiger partial charge in [-0.2, -0.15) is 0 Å². The molecule has 0 amide bonds. The fourth-order valence-corrected chi connectivity index (χ4v) is 1.17. The second-order valence-electron chi connectivity index (χ2n) is 2.47. The van der Waals surface area contributed by atoms with Crippen LogP contribution in [0.25, 0.3) is 0 Å². The SMILES string of the molecule is COc1cccc(C[C]=O)c1OC. The van der Waals surface area contributed by atoms with Crippen molar-refractivity contribution in [3.63, 3.8) is 0 Å². The average molecular weight is 179 g/mol. The van der Waals surface area contributed by atoms with Crippen LogP contribution in [0.2, 0.25) is 0 Å². The van der Waals surface area contributed by atoms with Gasteiger partial charge in [0.1, 0.15) is 0 Å². The van der Waals surface area contributed by atoms with E-state index >= 15 is 0 Å². The molecule has 69 valence electrons. The van der Waals surface area contributed by atoms with E-state index in [1.807, 2.05) is 18.4 Å². The lowest BCUT2D eigenvalue weighted by Gasteiger charge is -2.10. The molecule has 0 heterocycles. The first kappa shape index (κ1) is 9.58. The Morgan fingerprint density at radius 2 is 2.08 bits per heavy atom. The first-order chi connectivity index (χ1) is 6.33. The quantitative estimate of drug-likeness (QED) is 0.700. The van der Waals surface area contributed by atoms with Gasteiger partial charge in [-0.1, -0.05) is 12.1 Å². The van der Waals surface area contributed by atoms with Crippen LogP contribution in [-0.2, 0) is 11.2 Å². The Kier molecular flexibility index (Phi) is 3.31. The summed E-state index contributed by atoms with van der Waals surface area (Å²) in [5.41, 5.74) is 0.789. The summed E-state index contributed by atoms with van der Waals surface area (Å²) in [6, 6.07) is 5.41. The van der Waals surface area contributed by atoms with Crippen LogP contribution in [0.3, 0.4) is 0 Å². The Morgan fingerprint density at radius 1 is 1.31 bits per heavy atom. The second kappa shape index (κ2) is 4.50. The molecule has 1 rings (SSSR count). The highest BCUT2D eigenvalue weighted by Crippen LogP contribution is 2.30. The molecule has 0 aliphatic carbocycles. The lowest BCUT2D eigenvalue weighted by molar-refractivity contribution is 0.352. The molecule has 1 aromatic carbocycles. The summed E-state index contributed by atoms with van der Waals surface area (Å²) in [5, 5.41) is 0. The Balaban J connectivity index is 3.10. The second-order valence-corrected chi connectivity index (χ2v) is 2.47. The summed E-state index contributed by atoms with van der Waals surface area (Å²) < 4.78 is 10.2. The number of benzene rings is 1. The van der Waals surface area contributed by atoms with Crippen molar-refractivity contribution in [2.45, 2.75) is 6.42 Å². The Labute approximate surface area is 77.3 Å². The highest BCUT2D eigenvalue weighted by Gasteiger charge is 2.08. The number of para-hydroxylation sites is 1. The van der Waals surface area contributed by atoms with Crippen LogP contribution in [0.5, 0.6) is 11.5 Å². The van der Waals surface area contributed by atoms with Gasteiger partial charge in [0.2, 0.25) is 6.29 Å². The highest BCUT2D eigenvalue weighted by atomic mass is 16.5. The molecule has 0 fully saturated rings. The summed E-state index contributed by atoms with van der Waals surface area (Å²) in [4.78, 5) is 10.2. The number of methoxy groups -OCH3 is 2. The maximum atomic E-state index is 10.2. The predicted octanol–water partition coefficient (Wildman–Crippen LogP) is 1.36. The van der Waals surface area contributed by atoms with Crippen LogP contribution >= 0.6 is 0 Å². The van der Waals surface area contributed by atoms with Crippen molar-refractivity contribution in [3.8, 4) is 11.5 Å². The molecule has 0 saturated heterocycles. The summed E-state index contributed by atoms with van der Waals surface area (Å²) in [6.45, 7) is 0. The first-order valence-corrected chi connectivity index (χ1v) is 3.88. The molecule has 0 atom stereocenters. The maximum absolute atomic E-state index is 10.2. The van der Waals surface area contributed by atoms with E-state index in [0.717, 1.165) is 5.56 Å². The summed E-state index contributed by atoms with van der Waals surface area (Å²) >= 11 is 0. The molecule has 0 aliphatic rings. The van der Waals surface area contributed by atoms with Gasteiger partial charge in [-0.3, -0.25) is 4.79 Å². The van der Waals surface area contributed by atoms with Crippen LogP contribution in [-0.4, -0.2) is 20.5 Å². The number of rotatable bonds is 4. The molecule has 0 N–H and O–H groups in total. The van der Waals surface area contributed by atoms with E-state index in [9.17, 15) is 4.79 Å². The van der Waals surface area contributed by atoms with Crippen LogP contribution in [0.15, 0.2) is 18.2 Å². The molecule has 0 spiro atoms. The summed E-state index contributed by atoms with van der Waals surface area (Å²) in [5.74, 6) is 1.24. The minimum Gasteiger partial charge on any atom is -0.493 e. The molecule has 0 aromatic heterocycles. The molecule has 0 aliphatic heterocycles. The fraction of sp³-hybridized carbons (Fsp3) is 0.300. The fourth-order valence-electron chi connectivity index (χ4n) is 1.17. The minimum atomic E-state index is 0.223. The number of hydrogen-bond donors (Lipinski definition) is 0. The zero-order valence-corrected chi connectivity index (χ0v) is 7.66. The molecule has 1 aromatic rings. The highest BCUT2D eigenvalue weighted by molar-refractivity contribution is 5.60. The van der Waals surface area contributed by atoms with Crippen LogP contribution in [0.1, 0.15) is 5.56 Å². The lowest BCUT2D eigenvalue weighted by Crippen LogP contribution is -1.96. The van der Waals surface area contributed by atoms with Gasteiger partial charge in [-0.05, 0) is 6.07 Å². The predicted molar refractivity (Wildman–Crippen MR) is 48.9 cm³/mol. The van der Waals surface area contributed by atoms with Gasteiger partial charge >= 0.3 is 0 Å². The number of ether oxygens (including phenoxy) is 2. The van der Waals surface area contributed by atoms with E-state index < -0.39 is 0 Å². The van der Waals surface area contributed by atoms with Gasteiger partial charge in [0.05, 0.1) is 14.2 Å². The topological polar surface area (TPSA) is 35.5 Å². The maximum Gasteiger partial charge on any atom is 0.203 e. The zero-order chi connectivity index (χ0) is 9.68. The Morgan fingerprint density at radius 3 is 2.62 bits per heavy atom. The molecule has 0 saturated carbocycles. The smallest absolute Gasteiger partial charge is 0.203 e. The molecule has 0 bridgehead atoms. The van der Waals surface area contributed by atoms with E-state index in [2.05, 4.69) is 0 Å². The van der Waals surface area contributed by atoms with Crippen molar-refractivity contribution in [1.82, 2.24) is 0 Å². The van der Waals surface area contributed by atoms with Crippen molar-refractivity contribution in [2.75, 3.05) is 14.2 Å². The van der Waals surface area contributed by atoms with Crippen LogP contribution < -0.4 is 9.47 Å². The average Bonchev–Trinajstić information content (AvgIpc) is 2.18. The minimum absolute atomic E-state index is 0.223. The molecule has 1 radical (unpaired) electrons. The van der Waals surface area contributed by atoms with E-state index in [-0.39, 0.29) is 6.42 Å². The van der Waals surface area contributed by atoms with E-state index in [1.165, 1.54) is 0 Å². The normalized spacial score (nSPS) is 9.38. The first-order valence-electron chi connectivity index (χ1n) is 3.88. The van der Waals surface area contributed by atoms with E-state index in [1.54, 1.807) is 20.3 Å². The van der Waals surface area contributed by atoms with Crippen molar-refractivity contribution in [1.29, 1.82) is 0 Å². The van der Waals surface area contributed by atoms with Gasteiger partial charge in [0.25, 0.3) is 0 Å². The molecule has 3 nitrogen and oxygen atoms in total. The summed E-state index contributed by atoms with van der Waals surface area (Å²) in [7, 11) is 3.11. The third kappa shape index (κ3) is 1.99. The molecular weight excluding hydrogens is 168 g/mol. The largest absolute Gasteiger partial charge is 0.493 e. The van der Waals surface area contributed by atoms with Gasteiger partial charge < -0.3 is 9.47 Å². The molecule has 3 heteroatoms. The summed E-state index contributed by atoms with van der Waals surface area (Å²) in [6.07, 6.45) is 2.05. The third-order valence-electron chi connectivity index (χ3n) is 1.75. The van der Waals surface area contributed by atoms with Gasteiger partial charge in [0, 0.05) is 12.0 Å². The zero-order valence-electron chi connectivity index (χ0n) is 7.66. The van der Waals surface area contributed by atoms with Gasteiger partial charge in [-0.25, -0.2) is 0 Å². The molecule has 13 heavy (non-hydrogen) atoms. The standard InChI is InChI=1S/C10H11O3/c1-12-9-5-3-4-8(6-7-11)10(9)13-2/h3-5H,6H2,1-2H3. The van der Waals surface area contributed by atoms with Crippen molar-refractivity contribution < 1.29 is 14.3 Å². The van der Waals surface area contributed by atoms with Crippen molar-refractivity contribution >= 4 is 6.29 Å². The molecular formula is C10H11O3.